The molecule has 1 aromatic carbocycles. The SMILES string of the molecule is C=CCN(CC=C)Cc1c(C)[nH]c2c(CC)cccc2c1=O. The minimum atomic E-state index is 0.125. The Balaban J connectivity index is 2.53. The molecule has 3 heteroatoms. The molecule has 1 heterocycles. The smallest absolute Gasteiger partial charge is 0.194 e. The number of nitrogens with zero attached hydrogens (tertiary/aromatic N) is 1. The first-order valence-corrected chi connectivity index (χ1v) is 7.69. The van der Waals surface area contributed by atoms with Crippen molar-refractivity contribution in [2.24, 2.45) is 0 Å². The third-order valence-electron chi connectivity index (χ3n) is 3.97. The summed E-state index contributed by atoms with van der Waals surface area (Å²) in [5.74, 6) is 0. The lowest BCUT2D eigenvalue weighted by Crippen LogP contribution is -2.28. The zero-order valence-corrected chi connectivity index (χ0v) is 13.5. The van der Waals surface area contributed by atoms with E-state index in [9.17, 15) is 4.79 Å². The van der Waals surface area contributed by atoms with Gasteiger partial charge in [0.15, 0.2) is 5.43 Å². The fourth-order valence-electron chi connectivity index (χ4n) is 2.81. The maximum atomic E-state index is 12.9. The molecule has 22 heavy (non-hydrogen) atoms. The number of benzene rings is 1. The van der Waals surface area contributed by atoms with Crippen molar-refractivity contribution in [2.75, 3.05) is 13.1 Å². The Morgan fingerprint density at radius 2 is 1.91 bits per heavy atom. The maximum absolute atomic E-state index is 12.9. The lowest BCUT2D eigenvalue weighted by atomic mass is 10.0. The van der Waals surface area contributed by atoms with Crippen LogP contribution in [0, 0.1) is 6.92 Å². The molecule has 0 radical (unpaired) electrons. The van der Waals surface area contributed by atoms with Crippen molar-refractivity contribution < 1.29 is 0 Å². The lowest BCUT2D eigenvalue weighted by molar-refractivity contribution is 0.326. The Hall–Kier alpha value is -2.13. The van der Waals surface area contributed by atoms with E-state index in [1.165, 1.54) is 5.56 Å². The third-order valence-corrected chi connectivity index (χ3v) is 3.97. The largest absolute Gasteiger partial charge is 0.358 e. The molecule has 0 fully saturated rings. The van der Waals surface area contributed by atoms with Crippen molar-refractivity contribution in [3.63, 3.8) is 0 Å². The normalized spacial score (nSPS) is 11.0. The van der Waals surface area contributed by atoms with Crippen LogP contribution < -0.4 is 5.43 Å². The molecule has 116 valence electrons. The monoisotopic (exact) mass is 296 g/mol. The summed E-state index contributed by atoms with van der Waals surface area (Å²) in [7, 11) is 0. The van der Waals surface area contributed by atoms with Crippen molar-refractivity contribution in [3.8, 4) is 0 Å². The highest BCUT2D eigenvalue weighted by atomic mass is 16.1. The molecule has 0 aliphatic carbocycles. The number of fused-ring (bicyclic) bond motifs is 1. The average molecular weight is 296 g/mol. The number of para-hydroxylation sites is 1. The molecule has 0 spiro atoms. The van der Waals surface area contributed by atoms with Gasteiger partial charge in [0, 0.05) is 36.3 Å². The summed E-state index contributed by atoms with van der Waals surface area (Å²) >= 11 is 0. The van der Waals surface area contributed by atoms with Gasteiger partial charge in [-0.3, -0.25) is 9.69 Å². The van der Waals surface area contributed by atoms with Crippen LogP contribution in [0.1, 0.15) is 23.7 Å². The molecular weight excluding hydrogens is 272 g/mol. The molecule has 2 aromatic rings. The van der Waals surface area contributed by atoms with Gasteiger partial charge in [-0.25, -0.2) is 0 Å². The molecule has 1 N–H and O–H groups in total. The molecule has 0 unspecified atom stereocenters. The summed E-state index contributed by atoms with van der Waals surface area (Å²) in [6.07, 6.45) is 4.61. The maximum Gasteiger partial charge on any atom is 0.194 e. The van der Waals surface area contributed by atoms with Crippen LogP contribution in [-0.2, 0) is 13.0 Å². The molecule has 2 rings (SSSR count). The molecule has 0 saturated carbocycles. The Morgan fingerprint density at radius 3 is 2.50 bits per heavy atom. The summed E-state index contributed by atoms with van der Waals surface area (Å²) in [4.78, 5) is 18.4. The van der Waals surface area contributed by atoms with Gasteiger partial charge in [-0.1, -0.05) is 31.2 Å². The number of hydrogen-bond donors (Lipinski definition) is 1. The number of hydrogen-bond acceptors (Lipinski definition) is 2. The van der Waals surface area contributed by atoms with E-state index in [0.29, 0.717) is 6.54 Å². The summed E-state index contributed by atoms with van der Waals surface area (Å²) in [6, 6.07) is 5.93. The molecule has 0 saturated heterocycles. The third kappa shape index (κ3) is 3.20. The highest BCUT2D eigenvalue weighted by Crippen LogP contribution is 2.17. The van der Waals surface area contributed by atoms with E-state index in [1.807, 2.05) is 31.2 Å². The van der Waals surface area contributed by atoms with Gasteiger partial charge in [0.2, 0.25) is 0 Å². The van der Waals surface area contributed by atoms with Gasteiger partial charge in [0.05, 0.1) is 5.52 Å². The van der Waals surface area contributed by atoms with Crippen molar-refractivity contribution >= 4 is 10.9 Å². The zero-order chi connectivity index (χ0) is 16.1. The standard InChI is InChI=1S/C19H24N2O/c1-5-11-21(12-6-2)13-17-14(4)20-18-15(7-3)9-8-10-16(18)19(17)22/h5-6,8-10H,1-2,7,11-13H2,3-4H3,(H,20,22). The first-order chi connectivity index (χ1) is 10.6. The molecule has 0 bridgehead atoms. The average Bonchev–Trinajstić information content (AvgIpc) is 2.51. The first kappa shape index (κ1) is 16.2. The minimum absolute atomic E-state index is 0.125. The van der Waals surface area contributed by atoms with Crippen molar-refractivity contribution in [3.05, 3.63) is 70.6 Å². The number of aryl methyl sites for hydroxylation is 2. The van der Waals surface area contributed by atoms with Crippen LogP contribution in [0.25, 0.3) is 10.9 Å². The second-order valence-corrected chi connectivity index (χ2v) is 5.52. The van der Waals surface area contributed by atoms with E-state index in [1.54, 1.807) is 0 Å². The van der Waals surface area contributed by atoms with E-state index in [-0.39, 0.29) is 5.43 Å². The number of nitrogens with one attached hydrogen (secondary N) is 1. The molecule has 0 aliphatic rings. The number of aromatic nitrogens is 1. The molecule has 0 aliphatic heterocycles. The number of H-pyrrole nitrogens is 1. The Labute approximate surface area is 132 Å². The number of rotatable bonds is 7. The highest BCUT2D eigenvalue weighted by Gasteiger charge is 2.13. The fourth-order valence-corrected chi connectivity index (χ4v) is 2.81. The number of pyridine rings is 1. The predicted molar refractivity (Wildman–Crippen MR) is 94.4 cm³/mol. The van der Waals surface area contributed by atoms with Crippen LogP contribution in [0.5, 0.6) is 0 Å². The van der Waals surface area contributed by atoms with Crippen LogP contribution in [0.3, 0.4) is 0 Å². The van der Waals surface area contributed by atoms with Crippen LogP contribution in [0.15, 0.2) is 48.3 Å². The molecule has 3 nitrogen and oxygen atoms in total. The Kier molecular flexibility index (Phi) is 5.34. The molecule has 1 aromatic heterocycles. The van der Waals surface area contributed by atoms with Gasteiger partial charge >= 0.3 is 0 Å². The van der Waals surface area contributed by atoms with Gasteiger partial charge in [-0.05, 0) is 25.0 Å². The summed E-state index contributed by atoms with van der Waals surface area (Å²) < 4.78 is 0. The Bertz CT molecular complexity index is 733. The molecular formula is C19H24N2O. The van der Waals surface area contributed by atoms with Gasteiger partial charge in [-0.2, -0.15) is 0 Å². The van der Waals surface area contributed by atoms with Crippen LogP contribution >= 0.6 is 0 Å². The summed E-state index contributed by atoms with van der Waals surface area (Å²) in [5.41, 5.74) is 4.04. The second kappa shape index (κ2) is 7.23. The van der Waals surface area contributed by atoms with Crippen molar-refractivity contribution in [1.82, 2.24) is 9.88 Å². The van der Waals surface area contributed by atoms with Crippen LogP contribution in [0.2, 0.25) is 0 Å². The van der Waals surface area contributed by atoms with Crippen LogP contribution in [0.4, 0.5) is 0 Å². The quantitative estimate of drug-likeness (QED) is 0.793. The Morgan fingerprint density at radius 1 is 1.23 bits per heavy atom. The van der Waals surface area contributed by atoms with Gasteiger partial charge in [0.25, 0.3) is 0 Å². The van der Waals surface area contributed by atoms with Gasteiger partial charge in [0.1, 0.15) is 0 Å². The van der Waals surface area contributed by atoms with E-state index < -0.39 is 0 Å². The van der Waals surface area contributed by atoms with E-state index in [2.05, 4.69) is 36.0 Å². The second-order valence-electron chi connectivity index (χ2n) is 5.52. The fraction of sp³-hybridized carbons (Fsp3) is 0.316. The van der Waals surface area contributed by atoms with E-state index >= 15 is 0 Å². The first-order valence-electron chi connectivity index (χ1n) is 7.69. The van der Waals surface area contributed by atoms with Gasteiger partial charge < -0.3 is 4.98 Å². The molecule has 0 atom stereocenters. The zero-order valence-electron chi connectivity index (χ0n) is 13.5. The lowest BCUT2D eigenvalue weighted by Gasteiger charge is -2.20. The predicted octanol–water partition coefficient (Wildman–Crippen LogP) is 3.57. The summed E-state index contributed by atoms with van der Waals surface area (Å²) in [6.45, 7) is 13.7. The minimum Gasteiger partial charge on any atom is -0.358 e. The molecule has 0 amide bonds. The number of aromatic amines is 1. The van der Waals surface area contributed by atoms with E-state index in [0.717, 1.165) is 41.7 Å². The van der Waals surface area contributed by atoms with Crippen molar-refractivity contribution in [2.45, 2.75) is 26.8 Å². The van der Waals surface area contributed by atoms with E-state index in [4.69, 9.17) is 0 Å². The highest BCUT2D eigenvalue weighted by molar-refractivity contribution is 5.82. The van der Waals surface area contributed by atoms with Gasteiger partial charge in [-0.15, -0.1) is 13.2 Å². The van der Waals surface area contributed by atoms with Crippen LogP contribution in [-0.4, -0.2) is 23.0 Å². The van der Waals surface area contributed by atoms with Crippen molar-refractivity contribution in [1.29, 1.82) is 0 Å². The topological polar surface area (TPSA) is 36.1 Å². The summed E-state index contributed by atoms with van der Waals surface area (Å²) in [5, 5.41) is 0.775.